The molecule has 1 heterocycles. The van der Waals surface area contributed by atoms with Crippen LogP contribution < -0.4 is 14.9 Å². The van der Waals surface area contributed by atoms with Crippen molar-refractivity contribution >= 4 is 44.8 Å². The molecule has 0 aromatic heterocycles. The van der Waals surface area contributed by atoms with Crippen LogP contribution >= 0.6 is 11.6 Å². The second kappa shape index (κ2) is 9.42. The normalized spacial score (nSPS) is 14.0. The summed E-state index contributed by atoms with van der Waals surface area (Å²) in [6, 6.07) is 11.3. The third kappa shape index (κ3) is 5.47. The van der Waals surface area contributed by atoms with Crippen LogP contribution in [0.3, 0.4) is 0 Å². The summed E-state index contributed by atoms with van der Waals surface area (Å²) in [5.41, 5.74) is 1.92. The predicted molar refractivity (Wildman–Crippen MR) is 118 cm³/mol. The maximum absolute atomic E-state index is 12.8. The van der Waals surface area contributed by atoms with Crippen LogP contribution in [0.5, 0.6) is 0 Å². The first-order valence-electron chi connectivity index (χ1n) is 9.37. The van der Waals surface area contributed by atoms with E-state index in [2.05, 4.69) is 16.6 Å². The molecular formula is C21H22ClN3O4S. The van der Waals surface area contributed by atoms with Crippen LogP contribution in [-0.4, -0.2) is 33.3 Å². The molecule has 0 saturated carbocycles. The van der Waals surface area contributed by atoms with Crippen molar-refractivity contribution < 1.29 is 18.0 Å². The highest BCUT2D eigenvalue weighted by Crippen LogP contribution is 2.29. The van der Waals surface area contributed by atoms with Gasteiger partial charge in [-0.25, -0.2) is 13.1 Å². The molecule has 0 aliphatic carbocycles. The van der Waals surface area contributed by atoms with Gasteiger partial charge in [0.2, 0.25) is 15.9 Å². The zero-order valence-electron chi connectivity index (χ0n) is 16.2. The molecule has 1 aliphatic rings. The van der Waals surface area contributed by atoms with Crippen molar-refractivity contribution in [1.82, 2.24) is 4.72 Å². The third-order valence-corrected chi connectivity index (χ3v) is 6.14. The average Bonchev–Trinajstić information content (AvgIpc) is 3.13. The highest BCUT2D eigenvalue weighted by atomic mass is 35.5. The molecule has 9 heteroatoms. The highest BCUT2D eigenvalue weighted by Gasteiger charge is 2.26. The summed E-state index contributed by atoms with van der Waals surface area (Å²) in [7, 11) is -3.46. The van der Waals surface area contributed by atoms with Crippen LogP contribution in [-0.2, 0) is 20.6 Å². The summed E-state index contributed by atoms with van der Waals surface area (Å²) >= 11 is 6.08. The maximum Gasteiger partial charge on any atom is 0.257 e. The average molecular weight is 448 g/mol. The monoisotopic (exact) mass is 447 g/mol. The van der Waals surface area contributed by atoms with E-state index in [9.17, 15) is 18.0 Å². The van der Waals surface area contributed by atoms with Gasteiger partial charge in [-0.1, -0.05) is 29.8 Å². The fourth-order valence-corrected chi connectivity index (χ4v) is 4.43. The SMILES string of the molecule is C=CCNS(=O)(=O)Cc1ccc(NC(=O)c2ccc(Cl)cc2N2CCCC2=O)cc1. The third-order valence-electron chi connectivity index (χ3n) is 4.58. The van der Waals surface area contributed by atoms with Crippen LogP contribution in [0.2, 0.25) is 5.02 Å². The Morgan fingerprint density at radius 1 is 1.20 bits per heavy atom. The molecule has 2 aromatic carbocycles. The zero-order valence-corrected chi connectivity index (χ0v) is 17.8. The zero-order chi connectivity index (χ0) is 21.7. The minimum Gasteiger partial charge on any atom is -0.322 e. The first-order valence-corrected chi connectivity index (χ1v) is 11.4. The van der Waals surface area contributed by atoms with Crippen LogP contribution in [0.25, 0.3) is 0 Å². The van der Waals surface area contributed by atoms with Crippen molar-refractivity contribution in [3.8, 4) is 0 Å². The summed E-state index contributed by atoms with van der Waals surface area (Å²) in [4.78, 5) is 26.5. The Bertz CT molecular complexity index is 1070. The molecule has 2 N–H and O–H groups in total. The van der Waals surface area contributed by atoms with Gasteiger partial charge in [0.05, 0.1) is 17.0 Å². The summed E-state index contributed by atoms with van der Waals surface area (Å²) in [5, 5.41) is 3.22. The predicted octanol–water partition coefficient (Wildman–Crippen LogP) is 3.32. The van der Waals surface area contributed by atoms with E-state index in [-0.39, 0.29) is 24.1 Å². The number of sulfonamides is 1. The van der Waals surface area contributed by atoms with Gasteiger partial charge in [0, 0.05) is 30.2 Å². The standard InChI is InChI=1S/C21H22ClN3O4S/c1-2-11-23-30(28,29)14-15-5-8-17(9-6-15)24-21(27)18-10-7-16(22)13-19(18)25-12-3-4-20(25)26/h2,5-10,13,23H,1,3-4,11-12,14H2,(H,24,27). The second-order valence-corrected chi connectivity index (χ2v) is 9.10. The Kier molecular flexibility index (Phi) is 6.91. The smallest absolute Gasteiger partial charge is 0.257 e. The Morgan fingerprint density at radius 3 is 2.57 bits per heavy atom. The molecule has 1 aliphatic heterocycles. The Balaban J connectivity index is 1.74. The molecular weight excluding hydrogens is 426 g/mol. The number of halogens is 1. The molecule has 2 amide bonds. The minimum absolute atomic E-state index is 0.0399. The Labute approximate surface area is 180 Å². The molecule has 1 fully saturated rings. The molecule has 0 bridgehead atoms. The van der Waals surface area contributed by atoms with Crippen LogP contribution in [0, 0.1) is 0 Å². The van der Waals surface area contributed by atoms with E-state index in [1.807, 2.05) is 0 Å². The van der Waals surface area contributed by atoms with Gasteiger partial charge < -0.3 is 10.2 Å². The van der Waals surface area contributed by atoms with Crippen molar-refractivity contribution in [3.05, 3.63) is 71.3 Å². The summed E-state index contributed by atoms with van der Waals surface area (Å²) in [5.74, 6) is -0.593. The topological polar surface area (TPSA) is 95.6 Å². The lowest BCUT2D eigenvalue weighted by Crippen LogP contribution is -2.27. The number of benzene rings is 2. The number of carbonyl (C=O) groups is 2. The van der Waals surface area contributed by atoms with Gasteiger partial charge in [-0.15, -0.1) is 6.58 Å². The Morgan fingerprint density at radius 2 is 1.93 bits per heavy atom. The van der Waals surface area contributed by atoms with Gasteiger partial charge in [-0.2, -0.15) is 0 Å². The lowest BCUT2D eigenvalue weighted by molar-refractivity contribution is -0.117. The number of nitrogens with zero attached hydrogens (tertiary/aromatic N) is 1. The second-order valence-electron chi connectivity index (χ2n) is 6.86. The molecule has 1 saturated heterocycles. The van der Waals surface area contributed by atoms with Crippen LogP contribution in [0.1, 0.15) is 28.8 Å². The van der Waals surface area contributed by atoms with Crippen molar-refractivity contribution in [3.63, 3.8) is 0 Å². The van der Waals surface area contributed by atoms with E-state index in [0.717, 1.165) is 6.42 Å². The van der Waals surface area contributed by atoms with Gasteiger partial charge in [-0.3, -0.25) is 9.59 Å². The van der Waals surface area contributed by atoms with Crippen LogP contribution in [0.15, 0.2) is 55.1 Å². The molecule has 2 aromatic rings. The number of anilines is 2. The lowest BCUT2D eigenvalue weighted by atomic mass is 10.1. The van der Waals surface area contributed by atoms with Crippen molar-refractivity contribution in [2.75, 3.05) is 23.3 Å². The van der Waals surface area contributed by atoms with Gasteiger partial charge in [0.25, 0.3) is 5.91 Å². The van der Waals surface area contributed by atoms with Gasteiger partial charge in [0.1, 0.15) is 0 Å². The molecule has 0 atom stereocenters. The molecule has 7 nitrogen and oxygen atoms in total. The van der Waals surface area contributed by atoms with Crippen molar-refractivity contribution in [1.29, 1.82) is 0 Å². The summed E-state index contributed by atoms with van der Waals surface area (Å²) in [6.45, 7) is 4.19. The van der Waals surface area contributed by atoms with Gasteiger partial charge >= 0.3 is 0 Å². The van der Waals surface area contributed by atoms with Crippen molar-refractivity contribution in [2.24, 2.45) is 0 Å². The first-order chi connectivity index (χ1) is 14.3. The maximum atomic E-state index is 12.8. The van der Waals surface area contributed by atoms with Gasteiger partial charge in [-0.05, 0) is 42.3 Å². The molecule has 0 unspecified atom stereocenters. The number of hydrogen-bond acceptors (Lipinski definition) is 4. The highest BCUT2D eigenvalue weighted by molar-refractivity contribution is 7.88. The van der Waals surface area contributed by atoms with E-state index in [0.29, 0.717) is 40.5 Å². The molecule has 3 rings (SSSR count). The lowest BCUT2D eigenvalue weighted by Gasteiger charge is -2.20. The minimum atomic E-state index is -3.46. The van der Waals surface area contributed by atoms with E-state index in [1.54, 1.807) is 47.4 Å². The fourth-order valence-electron chi connectivity index (χ4n) is 3.16. The molecule has 0 spiro atoms. The summed E-state index contributed by atoms with van der Waals surface area (Å²) in [6.07, 6.45) is 2.65. The number of amides is 2. The summed E-state index contributed by atoms with van der Waals surface area (Å²) < 4.78 is 26.3. The molecule has 0 radical (unpaired) electrons. The number of hydrogen-bond donors (Lipinski definition) is 2. The van der Waals surface area contributed by atoms with E-state index in [1.165, 1.54) is 6.08 Å². The Hall–Kier alpha value is -2.68. The number of nitrogens with one attached hydrogen (secondary N) is 2. The quantitative estimate of drug-likeness (QED) is 0.607. The number of rotatable bonds is 8. The largest absolute Gasteiger partial charge is 0.322 e. The fraction of sp³-hybridized carbons (Fsp3) is 0.238. The van der Waals surface area contributed by atoms with E-state index >= 15 is 0 Å². The van der Waals surface area contributed by atoms with E-state index in [4.69, 9.17) is 11.6 Å². The number of carbonyl (C=O) groups excluding carboxylic acids is 2. The van der Waals surface area contributed by atoms with Crippen LogP contribution in [0.4, 0.5) is 11.4 Å². The van der Waals surface area contributed by atoms with Crippen molar-refractivity contribution in [2.45, 2.75) is 18.6 Å². The van der Waals surface area contributed by atoms with Gasteiger partial charge in [0.15, 0.2) is 0 Å². The first kappa shape index (κ1) is 22.0. The molecule has 158 valence electrons. The van der Waals surface area contributed by atoms with E-state index < -0.39 is 10.0 Å². The molecule has 30 heavy (non-hydrogen) atoms.